The average Bonchev–Trinajstić information content (AvgIpc) is 3.30. The molecule has 1 aromatic heterocycles. The fourth-order valence-corrected chi connectivity index (χ4v) is 3.53. The number of para-hydroxylation sites is 2. The third kappa shape index (κ3) is 4.48. The van der Waals surface area contributed by atoms with Gasteiger partial charge in [0.15, 0.2) is 0 Å². The number of amides is 2. The molecule has 0 atom stereocenters. The minimum atomic E-state index is -0.108. The monoisotopic (exact) mass is 389 g/mol. The van der Waals surface area contributed by atoms with Gasteiger partial charge in [0.2, 0.25) is 0 Å². The number of hydrogen-bond donors (Lipinski definition) is 2. The molecule has 0 saturated carbocycles. The molecule has 0 aliphatic carbocycles. The topological polar surface area (TPSA) is 74.6 Å². The zero-order valence-corrected chi connectivity index (χ0v) is 16.0. The summed E-state index contributed by atoms with van der Waals surface area (Å²) >= 11 is 0. The van der Waals surface area contributed by atoms with Crippen molar-refractivity contribution in [2.45, 2.75) is 18.9 Å². The number of rotatable bonds is 5. The van der Waals surface area contributed by atoms with E-state index in [9.17, 15) is 9.59 Å². The Kier molecular flexibility index (Phi) is 5.61. The largest absolute Gasteiger partial charge is 0.472 e. The summed E-state index contributed by atoms with van der Waals surface area (Å²) < 4.78 is 4.99. The van der Waals surface area contributed by atoms with Gasteiger partial charge >= 0.3 is 0 Å². The highest BCUT2D eigenvalue weighted by Gasteiger charge is 2.25. The van der Waals surface area contributed by atoms with E-state index in [0.29, 0.717) is 24.2 Å². The Morgan fingerprint density at radius 2 is 1.66 bits per heavy atom. The second-order valence-corrected chi connectivity index (χ2v) is 7.09. The molecule has 2 aromatic carbocycles. The number of hydrogen-bond acceptors (Lipinski definition) is 4. The summed E-state index contributed by atoms with van der Waals surface area (Å²) in [6.07, 6.45) is 4.42. The number of piperidine rings is 1. The third-order valence-electron chi connectivity index (χ3n) is 5.11. The Morgan fingerprint density at radius 3 is 2.38 bits per heavy atom. The highest BCUT2D eigenvalue weighted by molar-refractivity contribution is 6.00. The fraction of sp³-hybridized carbons (Fsp3) is 0.217. The lowest BCUT2D eigenvalue weighted by molar-refractivity contribution is 0.0697. The summed E-state index contributed by atoms with van der Waals surface area (Å²) in [6, 6.07) is 19.0. The molecule has 2 amide bonds. The van der Waals surface area contributed by atoms with E-state index in [4.69, 9.17) is 4.42 Å². The van der Waals surface area contributed by atoms with Crippen LogP contribution in [0.2, 0.25) is 0 Å². The van der Waals surface area contributed by atoms with Crippen molar-refractivity contribution in [3.63, 3.8) is 0 Å². The molecule has 6 heteroatoms. The van der Waals surface area contributed by atoms with Gasteiger partial charge in [0.05, 0.1) is 23.1 Å². The molecule has 1 fully saturated rings. The van der Waals surface area contributed by atoms with Crippen LogP contribution < -0.4 is 10.6 Å². The summed E-state index contributed by atoms with van der Waals surface area (Å²) in [5, 5.41) is 6.43. The number of likely N-dealkylation sites (tertiary alicyclic amines) is 1. The zero-order valence-electron chi connectivity index (χ0n) is 16.0. The lowest BCUT2D eigenvalue weighted by Gasteiger charge is -2.32. The van der Waals surface area contributed by atoms with E-state index >= 15 is 0 Å². The van der Waals surface area contributed by atoms with Gasteiger partial charge in [-0.1, -0.05) is 30.3 Å². The molecule has 29 heavy (non-hydrogen) atoms. The van der Waals surface area contributed by atoms with Crippen molar-refractivity contribution in [3.05, 3.63) is 84.3 Å². The minimum absolute atomic E-state index is 0.0269. The summed E-state index contributed by atoms with van der Waals surface area (Å²) in [5.74, 6) is -0.135. The molecule has 0 radical (unpaired) electrons. The van der Waals surface area contributed by atoms with Crippen LogP contribution in [-0.2, 0) is 0 Å². The second-order valence-electron chi connectivity index (χ2n) is 7.09. The van der Waals surface area contributed by atoms with Crippen LogP contribution in [0.5, 0.6) is 0 Å². The van der Waals surface area contributed by atoms with Crippen LogP contribution in [-0.4, -0.2) is 35.8 Å². The standard InChI is InChI=1S/C23H23N3O3/c27-22(20-8-4-5-9-21(20)24-18-6-2-1-3-7-18)25-19-10-13-26(14-11-19)23(28)17-12-15-29-16-17/h1-9,12,15-16,19,24H,10-11,13-14H2,(H,25,27). The van der Waals surface area contributed by atoms with Gasteiger partial charge in [-0.15, -0.1) is 0 Å². The van der Waals surface area contributed by atoms with E-state index in [1.54, 1.807) is 11.0 Å². The first-order valence-electron chi connectivity index (χ1n) is 9.74. The number of furan rings is 1. The molecule has 2 N–H and O–H groups in total. The quantitative estimate of drug-likeness (QED) is 0.690. The smallest absolute Gasteiger partial charge is 0.257 e. The number of carbonyl (C=O) groups excluding carboxylic acids is 2. The molecule has 1 aliphatic rings. The van der Waals surface area contributed by atoms with Gasteiger partial charge in [0.25, 0.3) is 11.8 Å². The summed E-state index contributed by atoms with van der Waals surface area (Å²) in [7, 11) is 0. The number of carbonyl (C=O) groups is 2. The highest BCUT2D eigenvalue weighted by Crippen LogP contribution is 2.21. The van der Waals surface area contributed by atoms with Gasteiger partial charge in [-0.25, -0.2) is 0 Å². The molecule has 4 rings (SSSR count). The molecule has 0 bridgehead atoms. The maximum Gasteiger partial charge on any atom is 0.257 e. The molecule has 6 nitrogen and oxygen atoms in total. The zero-order chi connectivity index (χ0) is 20.1. The van der Waals surface area contributed by atoms with Crippen LogP contribution >= 0.6 is 0 Å². The first-order valence-corrected chi connectivity index (χ1v) is 9.74. The van der Waals surface area contributed by atoms with Crippen LogP contribution in [0, 0.1) is 0 Å². The number of nitrogens with one attached hydrogen (secondary N) is 2. The van der Waals surface area contributed by atoms with Crippen LogP contribution in [0.15, 0.2) is 77.6 Å². The number of anilines is 2. The maximum absolute atomic E-state index is 12.9. The lowest BCUT2D eigenvalue weighted by Crippen LogP contribution is -2.46. The second kappa shape index (κ2) is 8.65. The van der Waals surface area contributed by atoms with Crippen molar-refractivity contribution >= 4 is 23.2 Å². The van der Waals surface area contributed by atoms with E-state index in [1.165, 1.54) is 12.5 Å². The number of nitrogens with zero attached hydrogens (tertiary/aromatic N) is 1. The predicted octanol–water partition coefficient (Wildman–Crippen LogP) is 4.06. The van der Waals surface area contributed by atoms with E-state index in [-0.39, 0.29) is 17.9 Å². The minimum Gasteiger partial charge on any atom is -0.472 e. The molecule has 1 saturated heterocycles. The summed E-state index contributed by atoms with van der Waals surface area (Å²) in [4.78, 5) is 27.1. The Bertz CT molecular complexity index is 962. The van der Waals surface area contributed by atoms with Gasteiger partial charge in [-0.3, -0.25) is 9.59 Å². The van der Waals surface area contributed by atoms with E-state index in [1.807, 2.05) is 54.6 Å². The molecule has 2 heterocycles. The molecule has 148 valence electrons. The van der Waals surface area contributed by atoms with Gasteiger partial charge in [-0.05, 0) is 43.2 Å². The Balaban J connectivity index is 1.36. The van der Waals surface area contributed by atoms with Crippen molar-refractivity contribution in [1.82, 2.24) is 10.2 Å². The Hall–Kier alpha value is -3.54. The van der Waals surface area contributed by atoms with Gasteiger partial charge in [0, 0.05) is 24.8 Å². The Labute approximate surface area is 169 Å². The lowest BCUT2D eigenvalue weighted by atomic mass is 10.0. The normalized spacial score (nSPS) is 14.4. The van der Waals surface area contributed by atoms with Gasteiger partial charge < -0.3 is 20.0 Å². The predicted molar refractivity (Wildman–Crippen MR) is 111 cm³/mol. The fourth-order valence-electron chi connectivity index (χ4n) is 3.53. The Morgan fingerprint density at radius 1 is 0.931 bits per heavy atom. The summed E-state index contributed by atoms with van der Waals surface area (Å²) in [6.45, 7) is 1.22. The van der Waals surface area contributed by atoms with Crippen LogP contribution in [0.4, 0.5) is 11.4 Å². The third-order valence-corrected chi connectivity index (χ3v) is 5.11. The maximum atomic E-state index is 12.9. The first-order chi connectivity index (χ1) is 14.2. The molecule has 0 unspecified atom stereocenters. The van der Waals surface area contributed by atoms with Crippen molar-refractivity contribution in [2.75, 3.05) is 18.4 Å². The summed E-state index contributed by atoms with van der Waals surface area (Å²) in [5.41, 5.74) is 2.87. The van der Waals surface area contributed by atoms with E-state index < -0.39 is 0 Å². The van der Waals surface area contributed by atoms with Crippen LogP contribution in [0.25, 0.3) is 0 Å². The molecule has 0 spiro atoms. The number of benzene rings is 2. The van der Waals surface area contributed by atoms with E-state index in [2.05, 4.69) is 10.6 Å². The van der Waals surface area contributed by atoms with Gasteiger partial charge in [0.1, 0.15) is 6.26 Å². The van der Waals surface area contributed by atoms with Crippen LogP contribution in [0.3, 0.4) is 0 Å². The van der Waals surface area contributed by atoms with Crippen molar-refractivity contribution in [2.24, 2.45) is 0 Å². The first kappa shape index (κ1) is 18.8. The average molecular weight is 389 g/mol. The van der Waals surface area contributed by atoms with Gasteiger partial charge in [-0.2, -0.15) is 0 Å². The van der Waals surface area contributed by atoms with Crippen molar-refractivity contribution < 1.29 is 14.0 Å². The van der Waals surface area contributed by atoms with Crippen LogP contribution in [0.1, 0.15) is 33.6 Å². The SMILES string of the molecule is O=C(NC1CCN(C(=O)c2ccoc2)CC1)c1ccccc1Nc1ccccc1. The van der Waals surface area contributed by atoms with E-state index in [0.717, 1.165) is 24.2 Å². The molecular weight excluding hydrogens is 366 g/mol. The highest BCUT2D eigenvalue weighted by atomic mass is 16.3. The van der Waals surface area contributed by atoms with Crippen molar-refractivity contribution in [1.29, 1.82) is 0 Å². The molecule has 1 aliphatic heterocycles. The van der Waals surface area contributed by atoms with Crippen molar-refractivity contribution in [3.8, 4) is 0 Å². The molecule has 3 aromatic rings. The molecular formula is C23H23N3O3.